The SMILES string of the molecule is CC(=O)Nc1ccc(C=CC(=O)NCC(=O)N(C)c2ccc(C)c(CCl)c2C)cn1. The predicted molar refractivity (Wildman–Crippen MR) is 119 cm³/mol. The van der Waals surface area contributed by atoms with Crippen LogP contribution in [0.2, 0.25) is 0 Å². The molecule has 0 aliphatic rings. The van der Waals surface area contributed by atoms with E-state index in [1.54, 1.807) is 25.3 Å². The smallest absolute Gasteiger partial charge is 0.246 e. The van der Waals surface area contributed by atoms with Gasteiger partial charge >= 0.3 is 0 Å². The number of carbonyl (C=O) groups excluding carboxylic acids is 3. The van der Waals surface area contributed by atoms with Gasteiger partial charge in [0, 0.05) is 37.8 Å². The lowest BCUT2D eigenvalue weighted by Crippen LogP contribution is -2.38. The number of hydrogen-bond acceptors (Lipinski definition) is 4. The third kappa shape index (κ3) is 6.15. The number of likely N-dealkylation sites (N-methyl/N-ethyl adjacent to an activating group) is 1. The van der Waals surface area contributed by atoms with Crippen LogP contribution >= 0.6 is 11.6 Å². The van der Waals surface area contributed by atoms with Crippen molar-refractivity contribution in [3.63, 3.8) is 0 Å². The summed E-state index contributed by atoms with van der Waals surface area (Å²) >= 11 is 6.02. The number of halogens is 1. The fourth-order valence-electron chi connectivity index (χ4n) is 2.85. The fourth-order valence-corrected chi connectivity index (χ4v) is 3.26. The molecule has 0 aliphatic carbocycles. The lowest BCUT2D eigenvalue weighted by molar-refractivity contribution is -0.122. The van der Waals surface area contributed by atoms with Crippen LogP contribution in [0, 0.1) is 13.8 Å². The molecule has 3 amide bonds. The van der Waals surface area contributed by atoms with Crippen molar-refractivity contribution in [3.8, 4) is 0 Å². The van der Waals surface area contributed by atoms with Crippen molar-refractivity contribution >= 4 is 46.9 Å². The highest BCUT2D eigenvalue weighted by molar-refractivity contribution is 6.17. The van der Waals surface area contributed by atoms with Crippen molar-refractivity contribution in [3.05, 3.63) is 58.8 Å². The molecule has 0 atom stereocenters. The normalized spacial score (nSPS) is 10.7. The molecule has 2 N–H and O–H groups in total. The van der Waals surface area contributed by atoms with E-state index in [0.29, 0.717) is 17.3 Å². The third-order valence-electron chi connectivity index (χ3n) is 4.60. The van der Waals surface area contributed by atoms with Crippen molar-refractivity contribution in [2.75, 3.05) is 23.8 Å². The first kappa shape index (κ1) is 23.1. The quantitative estimate of drug-likeness (QED) is 0.523. The molecule has 0 fully saturated rings. The van der Waals surface area contributed by atoms with Crippen LogP contribution in [-0.2, 0) is 20.3 Å². The van der Waals surface area contributed by atoms with E-state index in [4.69, 9.17) is 11.6 Å². The Hall–Kier alpha value is -3.19. The van der Waals surface area contributed by atoms with Gasteiger partial charge in [0.2, 0.25) is 17.7 Å². The van der Waals surface area contributed by atoms with Crippen LogP contribution in [0.15, 0.2) is 36.5 Å². The molecule has 2 rings (SSSR count). The van der Waals surface area contributed by atoms with Crippen LogP contribution in [0.1, 0.15) is 29.2 Å². The van der Waals surface area contributed by atoms with Crippen LogP contribution in [-0.4, -0.2) is 36.3 Å². The number of aromatic nitrogens is 1. The Bertz CT molecular complexity index is 971. The second-order valence-corrected chi connectivity index (χ2v) is 7.07. The summed E-state index contributed by atoms with van der Waals surface area (Å²) < 4.78 is 0. The number of nitrogens with one attached hydrogen (secondary N) is 2. The van der Waals surface area contributed by atoms with E-state index in [-0.39, 0.29) is 18.4 Å². The maximum absolute atomic E-state index is 12.5. The summed E-state index contributed by atoms with van der Waals surface area (Å²) in [7, 11) is 1.67. The van der Waals surface area contributed by atoms with Gasteiger partial charge in [0.1, 0.15) is 5.82 Å². The summed E-state index contributed by atoms with van der Waals surface area (Å²) in [4.78, 5) is 41.1. The lowest BCUT2D eigenvalue weighted by Gasteiger charge is -2.22. The van der Waals surface area contributed by atoms with E-state index < -0.39 is 5.91 Å². The number of aryl methyl sites for hydroxylation is 1. The van der Waals surface area contributed by atoms with Gasteiger partial charge in [-0.2, -0.15) is 0 Å². The van der Waals surface area contributed by atoms with E-state index in [9.17, 15) is 14.4 Å². The lowest BCUT2D eigenvalue weighted by atomic mass is 10.0. The summed E-state index contributed by atoms with van der Waals surface area (Å²) in [5.74, 6) is -0.0493. The Morgan fingerprint density at radius 2 is 1.90 bits per heavy atom. The molecule has 1 aromatic carbocycles. The highest BCUT2D eigenvalue weighted by Crippen LogP contribution is 2.26. The Balaban J connectivity index is 1.93. The molecule has 7 nitrogen and oxygen atoms in total. The highest BCUT2D eigenvalue weighted by Gasteiger charge is 2.16. The van der Waals surface area contributed by atoms with E-state index in [1.165, 1.54) is 24.1 Å². The van der Waals surface area contributed by atoms with Gasteiger partial charge in [-0.25, -0.2) is 4.98 Å². The first-order chi connectivity index (χ1) is 14.2. The number of amides is 3. The average molecular weight is 429 g/mol. The summed E-state index contributed by atoms with van der Waals surface area (Å²) in [5.41, 5.74) is 4.47. The monoisotopic (exact) mass is 428 g/mol. The summed E-state index contributed by atoms with van der Waals surface area (Å²) in [6, 6.07) is 7.15. The minimum Gasteiger partial charge on any atom is -0.343 e. The van der Waals surface area contributed by atoms with Crippen LogP contribution in [0.25, 0.3) is 6.08 Å². The zero-order valence-electron chi connectivity index (χ0n) is 17.5. The molecule has 0 unspecified atom stereocenters. The molecular formula is C22H25ClN4O3. The molecule has 0 bridgehead atoms. The summed E-state index contributed by atoms with van der Waals surface area (Å²) in [6.45, 7) is 5.17. The van der Waals surface area contributed by atoms with Crippen molar-refractivity contribution in [1.82, 2.24) is 10.3 Å². The molecule has 0 saturated carbocycles. The number of benzene rings is 1. The molecule has 158 valence electrons. The molecule has 0 aliphatic heterocycles. The van der Waals surface area contributed by atoms with Crippen LogP contribution in [0.4, 0.5) is 11.5 Å². The molecule has 30 heavy (non-hydrogen) atoms. The molecule has 0 saturated heterocycles. The van der Waals surface area contributed by atoms with Gasteiger partial charge < -0.3 is 15.5 Å². The number of nitrogens with zero attached hydrogens (tertiary/aromatic N) is 2. The Morgan fingerprint density at radius 1 is 1.17 bits per heavy atom. The third-order valence-corrected chi connectivity index (χ3v) is 4.87. The maximum Gasteiger partial charge on any atom is 0.246 e. The summed E-state index contributed by atoms with van der Waals surface area (Å²) in [6.07, 6.45) is 4.43. The van der Waals surface area contributed by atoms with Crippen LogP contribution in [0.5, 0.6) is 0 Å². The number of anilines is 2. The Morgan fingerprint density at radius 3 is 2.50 bits per heavy atom. The first-order valence-electron chi connectivity index (χ1n) is 9.34. The summed E-state index contributed by atoms with van der Waals surface area (Å²) in [5, 5.41) is 5.14. The van der Waals surface area contributed by atoms with Gasteiger partial charge in [0.15, 0.2) is 0 Å². The largest absolute Gasteiger partial charge is 0.343 e. The van der Waals surface area contributed by atoms with Gasteiger partial charge in [-0.05, 0) is 60.4 Å². The molecule has 0 radical (unpaired) electrons. The maximum atomic E-state index is 12.5. The second-order valence-electron chi connectivity index (χ2n) is 6.80. The number of carbonyl (C=O) groups is 3. The number of rotatable bonds is 7. The van der Waals surface area contributed by atoms with Gasteiger partial charge in [-0.15, -0.1) is 11.6 Å². The van der Waals surface area contributed by atoms with Crippen molar-refractivity contribution in [2.45, 2.75) is 26.7 Å². The second kappa shape index (κ2) is 10.5. The molecule has 8 heteroatoms. The van der Waals surface area contributed by atoms with E-state index >= 15 is 0 Å². The average Bonchev–Trinajstić information content (AvgIpc) is 2.71. The topological polar surface area (TPSA) is 91.4 Å². The van der Waals surface area contributed by atoms with Gasteiger partial charge in [0.25, 0.3) is 0 Å². The van der Waals surface area contributed by atoms with Crippen molar-refractivity contribution in [1.29, 1.82) is 0 Å². The molecule has 0 spiro atoms. The fraction of sp³-hybridized carbons (Fsp3) is 0.273. The van der Waals surface area contributed by atoms with Crippen LogP contribution < -0.4 is 15.5 Å². The Labute approximate surface area is 181 Å². The van der Waals surface area contributed by atoms with Gasteiger partial charge in [0.05, 0.1) is 6.54 Å². The van der Waals surface area contributed by atoms with Crippen molar-refractivity contribution in [2.24, 2.45) is 0 Å². The molecule has 1 aromatic heterocycles. The minimum absolute atomic E-state index is 0.136. The Kier molecular flexibility index (Phi) is 8.12. The molecular weight excluding hydrogens is 404 g/mol. The minimum atomic E-state index is -0.398. The van der Waals surface area contributed by atoms with Gasteiger partial charge in [-0.1, -0.05) is 6.07 Å². The van der Waals surface area contributed by atoms with Crippen molar-refractivity contribution < 1.29 is 14.4 Å². The first-order valence-corrected chi connectivity index (χ1v) is 9.87. The van der Waals surface area contributed by atoms with E-state index in [2.05, 4.69) is 15.6 Å². The molecule has 2 aromatic rings. The standard InChI is InChI=1S/C22H25ClN4O3/c1-14-5-8-19(15(2)18(14)11-23)27(4)22(30)13-25-21(29)10-7-17-6-9-20(24-12-17)26-16(3)28/h5-10,12H,11,13H2,1-4H3,(H,25,29)(H,24,26,28). The number of pyridine rings is 1. The molecule has 1 heterocycles. The van der Waals surface area contributed by atoms with Gasteiger partial charge in [-0.3, -0.25) is 14.4 Å². The predicted octanol–water partition coefficient (Wildman–Crippen LogP) is 3.19. The zero-order chi connectivity index (χ0) is 22.3. The van der Waals surface area contributed by atoms with E-state index in [0.717, 1.165) is 22.4 Å². The zero-order valence-corrected chi connectivity index (χ0v) is 18.2. The van der Waals surface area contributed by atoms with Crippen LogP contribution in [0.3, 0.4) is 0 Å². The highest BCUT2D eigenvalue weighted by atomic mass is 35.5. The number of hydrogen-bond donors (Lipinski definition) is 2. The van der Waals surface area contributed by atoms with E-state index in [1.807, 2.05) is 26.0 Å². The number of alkyl halides is 1.